The predicted molar refractivity (Wildman–Crippen MR) is 127 cm³/mol. The maximum atomic E-state index is 12.5. The van der Waals surface area contributed by atoms with Gasteiger partial charge in [0.15, 0.2) is 6.61 Å². The van der Waals surface area contributed by atoms with E-state index in [1.165, 1.54) is 0 Å². The Bertz CT molecular complexity index is 1090. The Balaban J connectivity index is 1.19. The molecule has 1 fully saturated rings. The lowest BCUT2D eigenvalue weighted by Crippen LogP contribution is -2.51. The van der Waals surface area contributed by atoms with Gasteiger partial charge in [-0.25, -0.2) is 10.4 Å². The lowest BCUT2D eigenvalue weighted by Gasteiger charge is -2.35. The molecule has 2 aliphatic rings. The molecule has 11 heteroatoms. The third-order valence-corrected chi connectivity index (χ3v) is 5.87. The first-order valence-corrected chi connectivity index (χ1v) is 11.4. The number of anilines is 1. The highest BCUT2D eigenvalue weighted by Gasteiger charge is 2.22. The van der Waals surface area contributed by atoms with E-state index in [0.29, 0.717) is 49.8 Å². The van der Waals surface area contributed by atoms with E-state index in [0.717, 1.165) is 17.1 Å². The Morgan fingerprint density at radius 2 is 1.94 bits per heavy atom. The highest BCUT2D eigenvalue weighted by molar-refractivity contribution is 6.32. The first kappa shape index (κ1) is 23.5. The van der Waals surface area contributed by atoms with Crippen LogP contribution < -0.4 is 20.4 Å². The van der Waals surface area contributed by atoms with Gasteiger partial charge in [0.2, 0.25) is 11.8 Å². The number of halogens is 1. The Kier molecular flexibility index (Phi) is 7.58. The van der Waals surface area contributed by atoms with Gasteiger partial charge in [0.25, 0.3) is 5.91 Å². The molecule has 1 saturated heterocycles. The number of piperazine rings is 1. The van der Waals surface area contributed by atoms with Crippen LogP contribution in [0, 0.1) is 0 Å². The highest BCUT2D eigenvalue weighted by atomic mass is 35.5. The van der Waals surface area contributed by atoms with Crippen LogP contribution in [0.25, 0.3) is 0 Å². The van der Waals surface area contributed by atoms with Crippen LogP contribution in [0.5, 0.6) is 5.75 Å². The Labute approximate surface area is 201 Å². The molecule has 10 nitrogen and oxygen atoms in total. The monoisotopic (exact) mass is 484 g/mol. The number of ether oxygens (including phenoxy) is 1. The maximum absolute atomic E-state index is 12.5. The lowest BCUT2D eigenvalue weighted by atomic mass is 10.0. The van der Waals surface area contributed by atoms with E-state index in [9.17, 15) is 14.4 Å². The SMILES string of the molecule is O=C(COc1ccc(C2=NNC(=O)CC2)cc1Cl)NCC(=O)N1CCN(c2ccccn2)CC1. The summed E-state index contributed by atoms with van der Waals surface area (Å²) in [6, 6.07) is 10.8. The van der Waals surface area contributed by atoms with Crippen molar-refractivity contribution in [1.29, 1.82) is 0 Å². The minimum atomic E-state index is -0.417. The highest BCUT2D eigenvalue weighted by Crippen LogP contribution is 2.26. The van der Waals surface area contributed by atoms with Crippen LogP contribution >= 0.6 is 11.6 Å². The molecule has 0 unspecified atom stereocenters. The van der Waals surface area contributed by atoms with Gasteiger partial charge < -0.3 is 19.9 Å². The molecule has 0 radical (unpaired) electrons. The fraction of sp³-hybridized carbons (Fsp3) is 0.348. The maximum Gasteiger partial charge on any atom is 0.258 e. The number of carbonyl (C=O) groups is 3. The van der Waals surface area contributed by atoms with Crippen molar-refractivity contribution in [1.82, 2.24) is 20.6 Å². The molecule has 2 N–H and O–H groups in total. The average Bonchev–Trinajstić information content (AvgIpc) is 2.87. The quantitative estimate of drug-likeness (QED) is 0.610. The fourth-order valence-electron chi connectivity index (χ4n) is 3.69. The van der Waals surface area contributed by atoms with Gasteiger partial charge in [0.05, 0.1) is 17.3 Å². The van der Waals surface area contributed by atoms with Gasteiger partial charge in [0.1, 0.15) is 11.6 Å². The normalized spacial score (nSPS) is 15.9. The second-order valence-electron chi connectivity index (χ2n) is 7.86. The number of aromatic nitrogens is 1. The van der Waals surface area contributed by atoms with Gasteiger partial charge in [-0.15, -0.1) is 0 Å². The molecule has 0 aliphatic carbocycles. The predicted octanol–water partition coefficient (Wildman–Crippen LogP) is 1.19. The molecule has 0 atom stereocenters. The first-order valence-electron chi connectivity index (χ1n) is 11.0. The molecule has 4 rings (SSSR count). The number of hydrogen-bond donors (Lipinski definition) is 2. The van der Waals surface area contributed by atoms with Crippen LogP contribution in [0.15, 0.2) is 47.7 Å². The first-order chi connectivity index (χ1) is 16.5. The lowest BCUT2D eigenvalue weighted by molar-refractivity contribution is -0.133. The van der Waals surface area contributed by atoms with Gasteiger partial charge in [-0.05, 0) is 35.9 Å². The van der Waals surface area contributed by atoms with Crippen LogP contribution in [-0.4, -0.2) is 72.6 Å². The van der Waals surface area contributed by atoms with Crippen molar-refractivity contribution in [3.63, 3.8) is 0 Å². The van der Waals surface area contributed by atoms with E-state index < -0.39 is 5.91 Å². The van der Waals surface area contributed by atoms with Crippen LogP contribution in [0.2, 0.25) is 5.02 Å². The molecular formula is C23H25ClN6O4. The number of nitrogens with one attached hydrogen (secondary N) is 2. The molecule has 0 bridgehead atoms. The summed E-state index contributed by atoms with van der Waals surface area (Å²) in [5.74, 6) is 0.561. The van der Waals surface area contributed by atoms with E-state index >= 15 is 0 Å². The molecule has 3 heterocycles. The van der Waals surface area contributed by atoms with Crippen molar-refractivity contribution >= 4 is 40.9 Å². The van der Waals surface area contributed by atoms with Crippen LogP contribution in [-0.2, 0) is 14.4 Å². The molecule has 0 spiro atoms. The molecule has 2 aliphatic heterocycles. The summed E-state index contributed by atoms with van der Waals surface area (Å²) in [6.07, 6.45) is 2.64. The number of hydrogen-bond acceptors (Lipinski definition) is 7. The summed E-state index contributed by atoms with van der Waals surface area (Å²) in [6.45, 7) is 2.15. The zero-order valence-corrected chi connectivity index (χ0v) is 19.3. The number of carbonyl (C=O) groups excluding carboxylic acids is 3. The standard InChI is InChI=1S/C23H25ClN6O4/c24-17-13-16(18-5-7-21(31)28-27-18)4-6-19(17)34-15-22(32)26-14-23(33)30-11-9-29(10-12-30)20-3-1-2-8-25-20/h1-4,6,8,13H,5,7,9-12,14-15H2,(H,26,32)(H,28,31). The van der Waals surface area contributed by atoms with Crippen molar-refractivity contribution in [2.75, 3.05) is 44.2 Å². The number of hydrazone groups is 1. The third-order valence-electron chi connectivity index (χ3n) is 5.57. The summed E-state index contributed by atoms with van der Waals surface area (Å²) < 4.78 is 5.51. The zero-order valence-electron chi connectivity index (χ0n) is 18.5. The van der Waals surface area contributed by atoms with Crippen molar-refractivity contribution < 1.29 is 19.1 Å². The van der Waals surface area contributed by atoms with Crippen molar-refractivity contribution in [3.8, 4) is 5.75 Å². The second kappa shape index (κ2) is 11.0. The third kappa shape index (κ3) is 6.02. The number of amides is 3. The van der Waals surface area contributed by atoms with Crippen molar-refractivity contribution in [3.05, 3.63) is 53.2 Å². The average molecular weight is 485 g/mol. The Morgan fingerprint density at radius 3 is 2.62 bits per heavy atom. The number of nitrogens with zero attached hydrogens (tertiary/aromatic N) is 4. The van der Waals surface area contributed by atoms with Gasteiger partial charge in [0, 0.05) is 45.2 Å². The minimum absolute atomic E-state index is 0.0933. The van der Waals surface area contributed by atoms with Crippen LogP contribution in [0.1, 0.15) is 18.4 Å². The van der Waals surface area contributed by atoms with Gasteiger partial charge >= 0.3 is 0 Å². The number of pyridine rings is 1. The van der Waals surface area contributed by atoms with Crippen LogP contribution in [0.3, 0.4) is 0 Å². The molecule has 2 aromatic rings. The van der Waals surface area contributed by atoms with Crippen molar-refractivity contribution in [2.45, 2.75) is 12.8 Å². The topological polar surface area (TPSA) is 116 Å². The molecular weight excluding hydrogens is 460 g/mol. The Morgan fingerprint density at radius 1 is 1.12 bits per heavy atom. The summed E-state index contributed by atoms with van der Waals surface area (Å²) in [5, 5.41) is 6.96. The van der Waals surface area contributed by atoms with Gasteiger partial charge in [-0.2, -0.15) is 5.10 Å². The Hall–Kier alpha value is -3.66. The van der Waals surface area contributed by atoms with E-state index in [1.54, 1.807) is 29.3 Å². The van der Waals surface area contributed by atoms with E-state index in [1.807, 2.05) is 18.2 Å². The van der Waals surface area contributed by atoms with Gasteiger partial charge in [-0.3, -0.25) is 14.4 Å². The summed E-state index contributed by atoms with van der Waals surface area (Å²) in [4.78, 5) is 44.1. The fourth-order valence-corrected chi connectivity index (χ4v) is 3.92. The largest absolute Gasteiger partial charge is 0.482 e. The van der Waals surface area contributed by atoms with Crippen LogP contribution in [0.4, 0.5) is 5.82 Å². The zero-order chi connectivity index (χ0) is 23.9. The molecule has 0 saturated carbocycles. The molecule has 1 aromatic heterocycles. The van der Waals surface area contributed by atoms with E-state index in [-0.39, 0.29) is 25.0 Å². The smallest absolute Gasteiger partial charge is 0.258 e. The number of rotatable bonds is 7. The minimum Gasteiger partial charge on any atom is -0.482 e. The summed E-state index contributed by atoms with van der Waals surface area (Å²) in [7, 11) is 0. The summed E-state index contributed by atoms with van der Waals surface area (Å²) in [5.41, 5.74) is 3.95. The van der Waals surface area contributed by atoms with E-state index in [4.69, 9.17) is 16.3 Å². The van der Waals surface area contributed by atoms with Gasteiger partial charge in [-0.1, -0.05) is 17.7 Å². The molecule has 1 aromatic carbocycles. The van der Waals surface area contributed by atoms with Crippen molar-refractivity contribution in [2.24, 2.45) is 5.10 Å². The second-order valence-corrected chi connectivity index (χ2v) is 8.27. The number of benzene rings is 1. The molecule has 3 amide bonds. The molecule has 34 heavy (non-hydrogen) atoms. The van der Waals surface area contributed by atoms with E-state index in [2.05, 4.69) is 25.7 Å². The summed E-state index contributed by atoms with van der Waals surface area (Å²) >= 11 is 6.28. The molecule has 178 valence electrons.